The lowest BCUT2D eigenvalue weighted by atomic mass is 10.3. The molecule has 0 heterocycles. The number of urea groups is 1. The summed E-state index contributed by atoms with van der Waals surface area (Å²) >= 11 is 0. The molecule has 1 aromatic rings. The number of nitro groups is 1. The first-order chi connectivity index (χ1) is 8.84. The lowest BCUT2D eigenvalue weighted by molar-refractivity contribution is -0.384. The van der Waals surface area contributed by atoms with Gasteiger partial charge in [-0.05, 0) is 6.07 Å². The van der Waals surface area contributed by atoms with Gasteiger partial charge in [-0.3, -0.25) is 10.1 Å². The van der Waals surface area contributed by atoms with Gasteiger partial charge in [0.2, 0.25) is 0 Å². The minimum atomic E-state index is -3.19. The molecule has 7 nitrogen and oxygen atoms in total. The molecule has 0 atom stereocenters. The monoisotopic (exact) mass is 274 g/mol. The molecule has 0 saturated heterocycles. The molecule has 0 aliphatic carbocycles. The van der Waals surface area contributed by atoms with Gasteiger partial charge in [-0.15, -0.1) is 0 Å². The summed E-state index contributed by atoms with van der Waals surface area (Å²) in [6.07, 6.45) is 0. The number of rotatable bonds is 5. The van der Waals surface area contributed by atoms with Crippen LogP contribution in [0.2, 0.25) is 0 Å². The fraction of sp³-hybridized carbons (Fsp3) is 0.300. The van der Waals surface area contributed by atoms with Crippen LogP contribution in [0.3, 0.4) is 0 Å². The number of anilines is 1. The van der Waals surface area contributed by atoms with Gasteiger partial charge >= 0.3 is 6.03 Å². The number of carbonyl (C=O) groups is 1. The summed E-state index contributed by atoms with van der Waals surface area (Å²) < 4.78 is 25.5. The Kier molecular flexibility index (Phi) is 4.70. The van der Waals surface area contributed by atoms with Crippen LogP contribution < -0.4 is 16.4 Å². The predicted molar refractivity (Wildman–Crippen MR) is 64.1 cm³/mol. The van der Waals surface area contributed by atoms with Gasteiger partial charge in [-0.25, -0.2) is 13.6 Å². The molecule has 1 aromatic carbocycles. The minimum Gasteiger partial charge on any atom is -0.332 e. The molecular weight excluding hydrogens is 262 g/mol. The second-order valence-electron chi connectivity index (χ2n) is 3.68. The SMILES string of the molecule is NCC(F)(F)CNC(=O)Nc1cccc([N+](=O)[O-])c1. The highest BCUT2D eigenvalue weighted by Gasteiger charge is 2.27. The molecule has 0 saturated carbocycles. The Labute approximate surface area is 106 Å². The van der Waals surface area contributed by atoms with Gasteiger partial charge in [0.15, 0.2) is 0 Å². The lowest BCUT2D eigenvalue weighted by Gasteiger charge is -2.14. The molecule has 0 spiro atoms. The first kappa shape index (κ1) is 14.8. The summed E-state index contributed by atoms with van der Waals surface area (Å²) in [5.74, 6) is -3.19. The Morgan fingerprint density at radius 2 is 2.16 bits per heavy atom. The number of carbonyl (C=O) groups excluding carboxylic acids is 1. The van der Waals surface area contributed by atoms with Gasteiger partial charge in [0.1, 0.15) is 0 Å². The highest BCUT2D eigenvalue weighted by Crippen LogP contribution is 2.17. The Morgan fingerprint density at radius 1 is 1.47 bits per heavy atom. The van der Waals surface area contributed by atoms with Gasteiger partial charge < -0.3 is 16.4 Å². The standard InChI is InChI=1S/C10H12F2N4O3/c11-10(12,5-13)6-14-9(17)15-7-2-1-3-8(4-7)16(18)19/h1-4H,5-6,13H2,(H2,14,15,17). The van der Waals surface area contributed by atoms with E-state index in [9.17, 15) is 23.7 Å². The molecule has 0 fully saturated rings. The van der Waals surface area contributed by atoms with E-state index in [2.05, 4.69) is 5.32 Å². The van der Waals surface area contributed by atoms with E-state index in [4.69, 9.17) is 5.73 Å². The van der Waals surface area contributed by atoms with Crippen LogP contribution in [-0.4, -0.2) is 30.0 Å². The van der Waals surface area contributed by atoms with Gasteiger partial charge in [-0.1, -0.05) is 6.07 Å². The number of nitrogens with one attached hydrogen (secondary N) is 2. The number of nitrogens with zero attached hydrogens (tertiary/aromatic N) is 1. The van der Waals surface area contributed by atoms with E-state index in [0.717, 1.165) is 6.07 Å². The largest absolute Gasteiger partial charge is 0.332 e. The molecule has 9 heteroatoms. The van der Waals surface area contributed by atoms with Gasteiger partial charge in [0.05, 0.1) is 18.0 Å². The summed E-state index contributed by atoms with van der Waals surface area (Å²) in [4.78, 5) is 21.2. The second-order valence-corrected chi connectivity index (χ2v) is 3.68. The molecule has 4 N–H and O–H groups in total. The van der Waals surface area contributed by atoms with Crippen molar-refractivity contribution in [1.82, 2.24) is 5.32 Å². The molecule has 0 aliphatic rings. The molecule has 0 bridgehead atoms. The van der Waals surface area contributed by atoms with Crippen LogP contribution >= 0.6 is 0 Å². The lowest BCUT2D eigenvalue weighted by Crippen LogP contribution is -2.43. The smallest absolute Gasteiger partial charge is 0.319 e. The summed E-state index contributed by atoms with van der Waals surface area (Å²) in [7, 11) is 0. The average Bonchev–Trinajstić information content (AvgIpc) is 2.37. The molecule has 2 amide bonds. The molecule has 1 rings (SSSR count). The molecule has 0 unspecified atom stereocenters. The second kappa shape index (κ2) is 6.05. The van der Waals surface area contributed by atoms with E-state index in [1.54, 1.807) is 0 Å². The number of alkyl halides is 2. The number of halogens is 2. The van der Waals surface area contributed by atoms with Crippen molar-refractivity contribution in [3.05, 3.63) is 34.4 Å². The molecular formula is C10H12F2N4O3. The number of hydrogen-bond donors (Lipinski definition) is 3. The number of amides is 2. The van der Waals surface area contributed by atoms with Crippen LogP contribution in [0.4, 0.5) is 25.0 Å². The Morgan fingerprint density at radius 3 is 2.74 bits per heavy atom. The molecule has 19 heavy (non-hydrogen) atoms. The topological polar surface area (TPSA) is 110 Å². The van der Waals surface area contributed by atoms with Gasteiger partial charge in [0, 0.05) is 17.8 Å². The fourth-order valence-electron chi connectivity index (χ4n) is 1.15. The summed E-state index contributed by atoms with van der Waals surface area (Å²) in [6.45, 7) is -1.80. The maximum Gasteiger partial charge on any atom is 0.319 e. The van der Waals surface area contributed by atoms with Crippen molar-refractivity contribution in [1.29, 1.82) is 0 Å². The highest BCUT2D eigenvalue weighted by molar-refractivity contribution is 5.89. The zero-order chi connectivity index (χ0) is 14.5. The number of nitrogens with two attached hydrogens (primary N) is 1. The first-order valence-electron chi connectivity index (χ1n) is 5.21. The number of nitro benzene ring substituents is 1. The molecule has 0 radical (unpaired) electrons. The van der Waals surface area contributed by atoms with Crippen molar-refractivity contribution >= 4 is 17.4 Å². The highest BCUT2D eigenvalue weighted by atomic mass is 19.3. The van der Waals surface area contributed by atoms with Gasteiger partial charge in [0.25, 0.3) is 11.6 Å². The maximum absolute atomic E-state index is 12.8. The van der Waals surface area contributed by atoms with Crippen molar-refractivity contribution in [2.45, 2.75) is 5.92 Å². The Hall–Kier alpha value is -2.29. The van der Waals surface area contributed by atoms with E-state index >= 15 is 0 Å². The van der Waals surface area contributed by atoms with Crippen molar-refractivity contribution in [3.8, 4) is 0 Å². The van der Waals surface area contributed by atoms with Crippen molar-refractivity contribution in [3.63, 3.8) is 0 Å². The van der Waals surface area contributed by atoms with E-state index in [1.165, 1.54) is 18.2 Å². The van der Waals surface area contributed by atoms with E-state index in [1.807, 2.05) is 5.32 Å². The molecule has 0 aromatic heterocycles. The zero-order valence-electron chi connectivity index (χ0n) is 9.73. The minimum absolute atomic E-state index is 0.128. The summed E-state index contributed by atoms with van der Waals surface area (Å²) in [5, 5.41) is 14.6. The van der Waals surface area contributed by atoms with Crippen molar-refractivity contribution in [2.24, 2.45) is 5.73 Å². The third-order valence-electron chi connectivity index (χ3n) is 2.12. The van der Waals surface area contributed by atoms with Crippen LogP contribution in [0.25, 0.3) is 0 Å². The fourth-order valence-corrected chi connectivity index (χ4v) is 1.15. The number of non-ortho nitro benzene ring substituents is 1. The van der Waals surface area contributed by atoms with Crippen molar-refractivity contribution < 1.29 is 18.5 Å². The van der Waals surface area contributed by atoms with E-state index in [-0.39, 0.29) is 11.4 Å². The van der Waals surface area contributed by atoms with Crippen LogP contribution in [0.15, 0.2) is 24.3 Å². The number of benzene rings is 1. The number of hydrogen-bond acceptors (Lipinski definition) is 4. The van der Waals surface area contributed by atoms with E-state index < -0.39 is 30.0 Å². The normalized spacial score (nSPS) is 10.9. The third kappa shape index (κ3) is 4.84. The zero-order valence-corrected chi connectivity index (χ0v) is 9.73. The molecule has 0 aliphatic heterocycles. The molecule has 104 valence electrons. The van der Waals surface area contributed by atoms with Crippen LogP contribution in [-0.2, 0) is 0 Å². The third-order valence-corrected chi connectivity index (χ3v) is 2.12. The van der Waals surface area contributed by atoms with Crippen LogP contribution in [0.1, 0.15) is 0 Å². The maximum atomic E-state index is 12.8. The van der Waals surface area contributed by atoms with Crippen LogP contribution in [0, 0.1) is 10.1 Å². The first-order valence-corrected chi connectivity index (χ1v) is 5.21. The summed E-state index contributed by atoms with van der Waals surface area (Å²) in [5.41, 5.74) is 4.71. The average molecular weight is 274 g/mol. The predicted octanol–water partition coefficient (Wildman–Crippen LogP) is 1.31. The van der Waals surface area contributed by atoms with E-state index in [0.29, 0.717) is 0 Å². The van der Waals surface area contributed by atoms with Gasteiger partial charge in [-0.2, -0.15) is 0 Å². The van der Waals surface area contributed by atoms with Crippen molar-refractivity contribution in [2.75, 3.05) is 18.4 Å². The summed E-state index contributed by atoms with van der Waals surface area (Å²) in [6, 6.07) is 4.22. The Balaban J connectivity index is 2.58. The quantitative estimate of drug-likeness (QED) is 0.555. The Bertz CT molecular complexity index is 482. The van der Waals surface area contributed by atoms with Crippen LogP contribution in [0.5, 0.6) is 0 Å².